The smallest absolute Gasteiger partial charge is 0.321 e. The molecule has 2 aromatic rings. The molecule has 2 rings (SSSR count). The number of nitro benzene ring substituents is 1. The molecule has 1 amide bonds. The minimum atomic E-state index is -4.90. The molecule has 1 aromatic heterocycles. The van der Waals surface area contributed by atoms with Crippen molar-refractivity contribution in [2.75, 3.05) is 5.32 Å². The molecule has 110 valence electrons. The van der Waals surface area contributed by atoms with Crippen LogP contribution in [0.1, 0.15) is 16.1 Å². The van der Waals surface area contributed by atoms with Crippen LogP contribution in [0.25, 0.3) is 0 Å². The van der Waals surface area contributed by atoms with Crippen molar-refractivity contribution < 1.29 is 22.9 Å². The predicted molar refractivity (Wildman–Crippen MR) is 68.2 cm³/mol. The number of carbonyl (C=O) groups excluding carboxylic acids is 1. The zero-order chi connectivity index (χ0) is 15.6. The third-order valence-electron chi connectivity index (χ3n) is 2.42. The summed E-state index contributed by atoms with van der Waals surface area (Å²) in [5, 5.41) is 14.2. The summed E-state index contributed by atoms with van der Waals surface area (Å²) in [6, 6.07) is 2.24. The van der Waals surface area contributed by atoms with Crippen molar-refractivity contribution in [1.82, 2.24) is 4.98 Å². The summed E-state index contributed by atoms with van der Waals surface area (Å²) in [5.41, 5.74) is -1.26. The van der Waals surface area contributed by atoms with Gasteiger partial charge >= 0.3 is 6.18 Å². The van der Waals surface area contributed by atoms with Crippen molar-refractivity contribution >= 4 is 28.6 Å². The fraction of sp³-hybridized carbons (Fsp3) is 0.0909. The normalized spacial score (nSPS) is 11.2. The molecule has 1 N–H and O–H groups in total. The topological polar surface area (TPSA) is 85.1 Å². The van der Waals surface area contributed by atoms with E-state index in [0.29, 0.717) is 12.1 Å². The van der Waals surface area contributed by atoms with Crippen LogP contribution in [0.15, 0.2) is 29.1 Å². The first-order valence-electron chi connectivity index (χ1n) is 5.34. The Morgan fingerprint density at radius 3 is 2.62 bits per heavy atom. The van der Waals surface area contributed by atoms with Gasteiger partial charge in [-0.15, -0.1) is 11.3 Å². The number of carbonyl (C=O) groups is 1. The highest BCUT2D eigenvalue weighted by molar-refractivity contribution is 7.07. The number of nitrogens with one attached hydrogen (secondary N) is 1. The fourth-order valence-electron chi connectivity index (χ4n) is 1.52. The first-order chi connectivity index (χ1) is 9.79. The second-order valence-electron chi connectivity index (χ2n) is 3.81. The number of halogens is 3. The average molecular weight is 317 g/mol. The lowest BCUT2D eigenvalue weighted by Gasteiger charge is -2.10. The Labute approximate surface area is 119 Å². The van der Waals surface area contributed by atoms with Gasteiger partial charge in [0.25, 0.3) is 11.6 Å². The second kappa shape index (κ2) is 5.48. The van der Waals surface area contributed by atoms with E-state index in [2.05, 4.69) is 10.3 Å². The molecule has 0 bridgehead atoms. The minimum absolute atomic E-state index is 0.0481. The lowest BCUT2D eigenvalue weighted by atomic mass is 10.1. The molecule has 0 aliphatic heterocycles. The molecule has 21 heavy (non-hydrogen) atoms. The zero-order valence-electron chi connectivity index (χ0n) is 10.0. The van der Waals surface area contributed by atoms with Gasteiger partial charge in [0.15, 0.2) is 0 Å². The Balaban J connectivity index is 2.34. The molecule has 1 heterocycles. The Bertz CT molecular complexity index is 686. The maximum atomic E-state index is 12.8. The fourth-order valence-corrected chi connectivity index (χ4v) is 2.05. The van der Waals surface area contributed by atoms with Crippen molar-refractivity contribution in [2.45, 2.75) is 6.18 Å². The zero-order valence-corrected chi connectivity index (χ0v) is 10.9. The summed E-state index contributed by atoms with van der Waals surface area (Å²) in [6.45, 7) is 0. The number of thiazole rings is 1. The van der Waals surface area contributed by atoms with E-state index < -0.39 is 28.3 Å². The Hall–Kier alpha value is -2.49. The molecule has 10 heteroatoms. The van der Waals surface area contributed by atoms with Gasteiger partial charge in [-0.05, 0) is 12.1 Å². The number of rotatable bonds is 3. The van der Waals surface area contributed by atoms with Crippen LogP contribution in [0.3, 0.4) is 0 Å². The summed E-state index contributed by atoms with van der Waals surface area (Å²) in [6.07, 6.45) is -4.90. The summed E-state index contributed by atoms with van der Waals surface area (Å²) in [7, 11) is 0. The second-order valence-corrected chi connectivity index (χ2v) is 4.53. The molecule has 0 atom stereocenters. The van der Waals surface area contributed by atoms with Gasteiger partial charge < -0.3 is 5.32 Å². The number of hydrogen-bond acceptors (Lipinski definition) is 5. The molecular formula is C11H6F3N3O3S. The van der Waals surface area contributed by atoms with E-state index in [-0.39, 0.29) is 11.4 Å². The highest BCUT2D eigenvalue weighted by atomic mass is 32.1. The summed E-state index contributed by atoms with van der Waals surface area (Å²) in [5.74, 6) is -0.696. The molecule has 6 nitrogen and oxygen atoms in total. The van der Waals surface area contributed by atoms with Crippen LogP contribution < -0.4 is 5.32 Å². The van der Waals surface area contributed by atoms with Crippen molar-refractivity contribution in [3.05, 3.63) is 50.5 Å². The third kappa shape index (κ3) is 3.34. The molecule has 0 aliphatic carbocycles. The van der Waals surface area contributed by atoms with Crippen LogP contribution in [-0.4, -0.2) is 15.8 Å². The van der Waals surface area contributed by atoms with Crippen LogP contribution in [-0.2, 0) is 6.18 Å². The summed E-state index contributed by atoms with van der Waals surface area (Å²) < 4.78 is 38.3. The van der Waals surface area contributed by atoms with Crippen molar-refractivity contribution in [2.24, 2.45) is 0 Å². The summed E-state index contributed by atoms with van der Waals surface area (Å²) in [4.78, 5) is 24.8. The highest BCUT2D eigenvalue weighted by Gasteiger charge is 2.38. The van der Waals surface area contributed by atoms with Gasteiger partial charge in [-0.2, -0.15) is 13.2 Å². The molecule has 1 aromatic carbocycles. The monoisotopic (exact) mass is 317 g/mol. The van der Waals surface area contributed by atoms with Gasteiger partial charge in [-0.3, -0.25) is 14.9 Å². The number of aromatic nitrogens is 1. The average Bonchev–Trinajstić information content (AvgIpc) is 2.91. The van der Waals surface area contributed by atoms with Gasteiger partial charge in [-0.25, -0.2) is 4.98 Å². The Kier molecular flexibility index (Phi) is 3.89. The van der Waals surface area contributed by atoms with Crippen molar-refractivity contribution in [3.63, 3.8) is 0 Å². The van der Waals surface area contributed by atoms with Gasteiger partial charge in [0.05, 0.1) is 10.4 Å². The standard InChI is InChI=1S/C11H6F3N3O3S/c12-11(13,14)7-3-6(1-2-9(7)17(19)20)16-10(18)8-4-21-5-15-8/h1-5H,(H,16,18). The third-order valence-corrected chi connectivity index (χ3v) is 3.01. The lowest BCUT2D eigenvalue weighted by molar-refractivity contribution is -0.388. The molecule has 0 unspecified atom stereocenters. The van der Waals surface area contributed by atoms with Gasteiger partial charge in [-0.1, -0.05) is 0 Å². The molecule has 0 fully saturated rings. The maximum Gasteiger partial charge on any atom is 0.423 e. The van der Waals surface area contributed by atoms with Crippen LogP contribution >= 0.6 is 11.3 Å². The first kappa shape index (κ1) is 14.9. The number of benzene rings is 1. The quantitative estimate of drug-likeness (QED) is 0.695. The van der Waals surface area contributed by atoms with E-state index in [0.717, 1.165) is 17.4 Å². The Morgan fingerprint density at radius 1 is 1.38 bits per heavy atom. The molecule has 0 spiro atoms. The van der Waals surface area contributed by atoms with Crippen molar-refractivity contribution in [1.29, 1.82) is 0 Å². The lowest BCUT2D eigenvalue weighted by Crippen LogP contribution is -2.14. The number of anilines is 1. The minimum Gasteiger partial charge on any atom is -0.321 e. The van der Waals surface area contributed by atoms with E-state index in [1.54, 1.807) is 0 Å². The van der Waals surface area contributed by atoms with E-state index in [1.165, 1.54) is 10.9 Å². The Morgan fingerprint density at radius 2 is 2.10 bits per heavy atom. The van der Waals surface area contributed by atoms with Gasteiger partial charge in [0, 0.05) is 17.1 Å². The summed E-state index contributed by atoms with van der Waals surface area (Å²) >= 11 is 1.15. The predicted octanol–water partition coefficient (Wildman–Crippen LogP) is 3.32. The van der Waals surface area contributed by atoms with Crippen LogP contribution in [0, 0.1) is 10.1 Å². The van der Waals surface area contributed by atoms with Crippen LogP contribution in [0.5, 0.6) is 0 Å². The van der Waals surface area contributed by atoms with E-state index >= 15 is 0 Å². The number of nitrogens with zero attached hydrogens (tertiary/aromatic N) is 2. The maximum absolute atomic E-state index is 12.8. The molecule has 0 aliphatic rings. The van der Waals surface area contributed by atoms with E-state index in [9.17, 15) is 28.1 Å². The van der Waals surface area contributed by atoms with E-state index in [4.69, 9.17) is 0 Å². The van der Waals surface area contributed by atoms with E-state index in [1.807, 2.05) is 0 Å². The number of hydrogen-bond donors (Lipinski definition) is 1. The molecular weight excluding hydrogens is 311 g/mol. The number of alkyl halides is 3. The van der Waals surface area contributed by atoms with Gasteiger partial charge in [0.1, 0.15) is 11.3 Å². The van der Waals surface area contributed by atoms with Crippen LogP contribution in [0.4, 0.5) is 24.5 Å². The largest absolute Gasteiger partial charge is 0.423 e. The SMILES string of the molecule is O=C(Nc1ccc([N+](=O)[O-])c(C(F)(F)F)c1)c1cscn1. The van der Waals surface area contributed by atoms with Gasteiger partial charge in [0.2, 0.25) is 0 Å². The molecule has 0 saturated carbocycles. The molecule has 0 radical (unpaired) electrons. The number of nitro groups is 1. The number of amides is 1. The first-order valence-corrected chi connectivity index (χ1v) is 6.28. The van der Waals surface area contributed by atoms with Crippen molar-refractivity contribution in [3.8, 4) is 0 Å². The van der Waals surface area contributed by atoms with Crippen LogP contribution in [0.2, 0.25) is 0 Å². The molecule has 0 saturated heterocycles. The highest BCUT2D eigenvalue weighted by Crippen LogP contribution is 2.37.